The standard InChI is InChI=1S/C20H23ClN4O6S/c1-22-32(29,30)14-7-8-17(18(13-14)25(27)28)23-9-11-24(12-10-23)19(20(26)31-2)15-5-3-4-6-16(15)21/h3-8,13,19,22H,9-12H2,1-2H3. The summed E-state index contributed by atoms with van der Waals surface area (Å²) in [5.74, 6) is -0.445. The van der Waals surface area contributed by atoms with Crippen LogP contribution >= 0.6 is 11.6 Å². The summed E-state index contributed by atoms with van der Waals surface area (Å²) in [4.78, 5) is 27.1. The van der Waals surface area contributed by atoms with E-state index in [1.807, 2.05) is 4.90 Å². The van der Waals surface area contributed by atoms with Crippen LogP contribution in [0.4, 0.5) is 11.4 Å². The second-order valence-electron chi connectivity index (χ2n) is 7.09. The van der Waals surface area contributed by atoms with Crippen LogP contribution in [0.2, 0.25) is 5.02 Å². The maximum Gasteiger partial charge on any atom is 0.327 e. The van der Waals surface area contributed by atoms with Crippen molar-refractivity contribution >= 4 is 39.0 Å². The van der Waals surface area contributed by atoms with Crippen LogP contribution in [-0.2, 0) is 19.6 Å². The lowest BCUT2D eigenvalue weighted by Crippen LogP contribution is -2.49. The summed E-state index contributed by atoms with van der Waals surface area (Å²) in [7, 11) is -1.26. The molecule has 1 N–H and O–H groups in total. The van der Waals surface area contributed by atoms with E-state index in [0.717, 1.165) is 6.07 Å². The third-order valence-electron chi connectivity index (χ3n) is 5.37. The van der Waals surface area contributed by atoms with Crippen molar-refractivity contribution in [3.05, 3.63) is 63.2 Å². The first-order valence-electron chi connectivity index (χ1n) is 9.73. The summed E-state index contributed by atoms with van der Waals surface area (Å²) >= 11 is 6.31. The largest absolute Gasteiger partial charge is 0.468 e. The molecule has 2 aromatic rings. The van der Waals surface area contributed by atoms with Crippen molar-refractivity contribution in [2.75, 3.05) is 45.2 Å². The van der Waals surface area contributed by atoms with E-state index < -0.39 is 27.0 Å². The Morgan fingerprint density at radius 2 is 1.84 bits per heavy atom. The molecule has 1 atom stereocenters. The number of esters is 1. The van der Waals surface area contributed by atoms with Gasteiger partial charge >= 0.3 is 5.97 Å². The van der Waals surface area contributed by atoms with Gasteiger partial charge in [0.25, 0.3) is 5.69 Å². The van der Waals surface area contributed by atoms with Crippen LogP contribution in [0.15, 0.2) is 47.4 Å². The molecule has 0 bridgehead atoms. The lowest BCUT2D eigenvalue weighted by atomic mass is 10.0. The Kier molecular flexibility index (Phi) is 7.34. The summed E-state index contributed by atoms with van der Waals surface area (Å²) in [6, 6.07) is 10.1. The van der Waals surface area contributed by atoms with Gasteiger partial charge in [0.15, 0.2) is 0 Å². The van der Waals surface area contributed by atoms with Crippen molar-refractivity contribution in [1.29, 1.82) is 0 Å². The molecule has 1 aliphatic heterocycles. The number of carbonyl (C=O) groups excluding carboxylic acids is 1. The van der Waals surface area contributed by atoms with Crippen molar-refractivity contribution in [3.63, 3.8) is 0 Å². The molecular weight excluding hydrogens is 460 g/mol. The summed E-state index contributed by atoms with van der Waals surface area (Å²) in [5, 5.41) is 12.1. The Morgan fingerprint density at radius 3 is 2.41 bits per heavy atom. The summed E-state index contributed by atoms with van der Waals surface area (Å²) in [6.07, 6.45) is 0. The molecule has 1 heterocycles. The number of nitro benzene ring substituents is 1. The van der Waals surface area contributed by atoms with Crippen LogP contribution in [0.1, 0.15) is 11.6 Å². The maximum atomic E-state index is 12.5. The number of ether oxygens (including phenoxy) is 1. The van der Waals surface area contributed by atoms with Gasteiger partial charge in [0, 0.05) is 37.3 Å². The second-order valence-corrected chi connectivity index (χ2v) is 9.38. The predicted molar refractivity (Wildman–Crippen MR) is 119 cm³/mol. The van der Waals surface area contributed by atoms with Crippen LogP contribution < -0.4 is 9.62 Å². The molecule has 0 spiro atoms. The van der Waals surface area contributed by atoms with Crippen LogP contribution in [0, 0.1) is 10.1 Å². The smallest absolute Gasteiger partial charge is 0.327 e. The third-order valence-corrected chi connectivity index (χ3v) is 7.12. The molecular formula is C20H23ClN4O6S. The molecule has 12 heteroatoms. The van der Waals surface area contributed by atoms with Crippen molar-refractivity contribution < 1.29 is 22.9 Å². The molecule has 0 amide bonds. The van der Waals surface area contributed by atoms with Crippen molar-refractivity contribution in [1.82, 2.24) is 9.62 Å². The molecule has 172 valence electrons. The first kappa shape index (κ1) is 23.9. The van der Waals surface area contributed by atoms with Gasteiger partial charge in [-0.3, -0.25) is 15.0 Å². The molecule has 1 saturated heterocycles. The number of carbonyl (C=O) groups is 1. The minimum absolute atomic E-state index is 0.182. The molecule has 2 aromatic carbocycles. The number of anilines is 1. The Labute approximate surface area is 190 Å². The normalized spacial score (nSPS) is 15.9. The Hall–Kier alpha value is -2.73. The van der Waals surface area contributed by atoms with Crippen LogP contribution in [0.5, 0.6) is 0 Å². The average Bonchev–Trinajstić information content (AvgIpc) is 2.80. The SMILES string of the molecule is CNS(=O)(=O)c1ccc(N2CCN(C(C(=O)OC)c3ccccc3Cl)CC2)c([N+](=O)[O-])c1. The van der Waals surface area contributed by atoms with Gasteiger partial charge in [-0.25, -0.2) is 17.9 Å². The lowest BCUT2D eigenvalue weighted by Gasteiger charge is -2.39. The van der Waals surface area contributed by atoms with Gasteiger partial charge in [-0.05, 0) is 30.8 Å². The van der Waals surface area contributed by atoms with E-state index in [1.165, 1.54) is 26.3 Å². The number of sulfonamides is 1. The fourth-order valence-electron chi connectivity index (χ4n) is 3.70. The van der Waals surface area contributed by atoms with E-state index in [4.69, 9.17) is 16.3 Å². The average molecular weight is 483 g/mol. The summed E-state index contributed by atoms with van der Waals surface area (Å²) in [5.41, 5.74) is 0.643. The van der Waals surface area contributed by atoms with Gasteiger partial charge in [-0.15, -0.1) is 0 Å². The fourth-order valence-corrected chi connectivity index (χ4v) is 4.69. The molecule has 0 saturated carbocycles. The molecule has 1 aliphatic rings. The molecule has 1 unspecified atom stereocenters. The first-order chi connectivity index (χ1) is 15.2. The first-order valence-corrected chi connectivity index (χ1v) is 11.6. The van der Waals surface area contributed by atoms with E-state index in [9.17, 15) is 23.3 Å². The molecule has 3 rings (SSSR count). The monoisotopic (exact) mass is 482 g/mol. The van der Waals surface area contributed by atoms with Gasteiger partial charge in [0.1, 0.15) is 11.7 Å². The minimum Gasteiger partial charge on any atom is -0.468 e. The number of nitro groups is 1. The van der Waals surface area contributed by atoms with Gasteiger partial charge < -0.3 is 9.64 Å². The van der Waals surface area contributed by atoms with E-state index in [-0.39, 0.29) is 10.6 Å². The summed E-state index contributed by atoms with van der Waals surface area (Å²) < 4.78 is 31.2. The molecule has 32 heavy (non-hydrogen) atoms. The van der Waals surface area contributed by atoms with Crippen LogP contribution in [0.3, 0.4) is 0 Å². The highest BCUT2D eigenvalue weighted by Crippen LogP contribution is 2.34. The second kappa shape index (κ2) is 9.82. The highest BCUT2D eigenvalue weighted by molar-refractivity contribution is 7.89. The van der Waals surface area contributed by atoms with E-state index >= 15 is 0 Å². The van der Waals surface area contributed by atoms with Crippen LogP contribution in [0.25, 0.3) is 0 Å². The Bertz CT molecular complexity index is 1120. The van der Waals surface area contributed by atoms with Gasteiger partial charge in [0.2, 0.25) is 10.0 Å². The predicted octanol–water partition coefficient (Wildman–Crippen LogP) is 2.19. The van der Waals surface area contributed by atoms with E-state index in [2.05, 4.69) is 4.72 Å². The van der Waals surface area contributed by atoms with Gasteiger partial charge in [-0.1, -0.05) is 29.8 Å². The van der Waals surface area contributed by atoms with Gasteiger partial charge in [0.05, 0.1) is 16.9 Å². The maximum absolute atomic E-state index is 12.5. The quantitative estimate of drug-likeness (QED) is 0.362. The number of benzene rings is 2. The van der Waals surface area contributed by atoms with E-state index in [1.54, 1.807) is 29.2 Å². The summed E-state index contributed by atoms with van der Waals surface area (Å²) in [6.45, 7) is 1.60. The topological polar surface area (TPSA) is 122 Å². The van der Waals surface area contributed by atoms with Crippen LogP contribution in [-0.4, -0.2) is 64.5 Å². The number of hydrogen-bond donors (Lipinski definition) is 1. The highest BCUT2D eigenvalue weighted by Gasteiger charge is 2.34. The van der Waals surface area contributed by atoms with Gasteiger partial charge in [-0.2, -0.15) is 0 Å². The number of nitrogens with zero attached hydrogens (tertiary/aromatic N) is 3. The molecule has 0 radical (unpaired) electrons. The Morgan fingerprint density at radius 1 is 1.19 bits per heavy atom. The minimum atomic E-state index is -3.81. The number of halogens is 1. The Balaban J connectivity index is 1.85. The zero-order valence-electron chi connectivity index (χ0n) is 17.5. The van der Waals surface area contributed by atoms with E-state index in [0.29, 0.717) is 42.5 Å². The highest BCUT2D eigenvalue weighted by atomic mass is 35.5. The third kappa shape index (κ3) is 4.85. The number of nitrogens with one attached hydrogen (secondary N) is 1. The zero-order chi connectivity index (χ0) is 23.5. The number of hydrogen-bond acceptors (Lipinski definition) is 8. The molecule has 0 aliphatic carbocycles. The number of methoxy groups -OCH3 is 1. The van der Waals surface area contributed by atoms with Crippen molar-refractivity contribution in [3.8, 4) is 0 Å². The van der Waals surface area contributed by atoms with Crippen molar-refractivity contribution in [2.24, 2.45) is 0 Å². The lowest BCUT2D eigenvalue weighted by molar-refractivity contribution is -0.384. The molecule has 0 aromatic heterocycles. The molecule has 1 fully saturated rings. The fraction of sp³-hybridized carbons (Fsp3) is 0.350. The number of rotatable bonds is 7. The number of piperazine rings is 1. The zero-order valence-corrected chi connectivity index (χ0v) is 19.1. The molecule has 10 nitrogen and oxygen atoms in total. The van der Waals surface area contributed by atoms with Crippen molar-refractivity contribution in [2.45, 2.75) is 10.9 Å².